The summed E-state index contributed by atoms with van der Waals surface area (Å²) < 4.78 is 0. The van der Waals surface area contributed by atoms with Crippen molar-refractivity contribution in [3.8, 4) is 0 Å². The molecule has 1 saturated heterocycles. The van der Waals surface area contributed by atoms with Gasteiger partial charge >= 0.3 is 0 Å². The Bertz CT molecular complexity index is 241. The minimum absolute atomic E-state index is 0.415. The van der Waals surface area contributed by atoms with Crippen LogP contribution in [0.3, 0.4) is 0 Å². The average molecular weight is 183 g/mol. The van der Waals surface area contributed by atoms with Crippen LogP contribution in [0.5, 0.6) is 0 Å². The highest BCUT2D eigenvalue weighted by atomic mass is 32.1. The zero-order valence-corrected chi connectivity index (χ0v) is 7.73. The molecule has 2 nitrogen and oxygen atoms in total. The van der Waals surface area contributed by atoms with Gasteiger partial charge in [-0.15, -0.1) is 0 Å². The van der Waals surface area contributed by atoms with E-state index in [0.29, 0.717) is 0 Å². The van der Waals surface area contributed by atoms with E-state index in [9.17, 15) is 5.11 Å². The van der Waals surface area contributed by atoms with E-state index in [1.54, 1.807) is 11.3 Å². The zero-order chi connectivity index (χ0) is 8.44. The van der Waals surface area contributed by atoms with E-state index in [1.165, 1.54) is 5.56 Å². The van der Waals surface area contributed by atoms with Crippen molar-refractivity contribution in [1.29, 1.82) is 0 Å². The minimum Gasteiger partial charge on any atom is -0.387 e. The van der Waals surface area contributed by atoms with E-state index >= 15 is 0 Å². The van der Waals surface area contributed by atoms with Crippen LogP contribution in [-0.4, -0.2) is 23.8 Å². The molecule has 0 aromatic carbocycles. The Morgan fingerprint density at radius 1 is 1.58 bits per heavy atom. The standard InChI is InChI=1S/C9H13NOS/c11-9(6-10-7-9)3-1-8-2-4-12-5-8/h2,4-5,10-11H,1,3,6-7H2. The molecule has 2 N–H and O–H groups in total. The van der Waals surface area contributed by atoms with E-state index < -0.39 is 5.60 Å². The van der Waals surface area contributed by atoms with Gasteiger partial charge < -0.3 is 10.4 Å². The molecule has 0 atom stereocenters. The van der Waals surface area contributed by atoms with Crippen molar-refractivity contribution in [1.82, 2.24) is 5.32 Å². The Labute approximate surface area is 76.2 Å². The number of β-amino-alcohol motifs (C(OH)–C–C–N with tert-alkyl or cyclic N) is 1. The first kappa shape index (κ1) is 8.23. The number of aryl methyl sites for hydroxylation is 1. The van der Waals surface area contributed by atoms with Gasteiger partial charge in [0, 0.05) is 13.1 Å². The van der Waals surface area contributed by atoms with Crippen molar-refractivity contribution >= 4 is 11.3 Å². The molecule has 0 radical (unpaired) electrons. The van der Waals surface area contributed by atoms with Crippen molar-refractivity contribution in [3.63, 3.8) is 0 Å². The highest BCUT2D eigenvalue weighted by Crippen LogP contribution is 2.19. The first-order valence-corrected chi connectivity index (χ1v) is 5.17. The smallest absolute Gasteiger partial charge is 0.0898 e. The Morgan fingerprint density at radius 3 is 2.92 bits per heavy atom. The molecule has 1 fully saturated rings. The van der Waals surface area contributed by atoms with Gasteiger partial charge in [-0.2, -0.15) is 11.3 Å². The summed E-state index contributed by atoms with van der Waals surface area (Å²) in [7, 11) is 0. The molecule has 0 spiro atoms. The Kier molecular flexibility index (Phi) is 2.17. The van der Waals surface area contributed by atoms with Crippen molar-refractivity contribution in [2.45, 2.75) is 18.4 Å². The second-order valence-corrected chi connectivity index (χ2v) is 4.24. The molecule has 0 saturated carbocycles. The van der Waals surface area contributed by atoms with Crippen LogP contribution >= 0.6 is 11.3 Å². The third-order valence-electron chi connectivity index (χ3n) is 2.37. The summed E-state index contributed by atoms with van der Waals surface area (Å²) in [5.41, 5.74) is 0.933. The van der Waals surface area contributed by atoms with Gasteiger partial charge in [0.2, 0.25) is 0 Å². The average Bonchev–Trinajstić information content (AvgIpc) is 2.49. The molecule has 1 aromatic rings. The number of thiophene rings is 1. The maximum Gasteiger partial charge on any atom is 0.0898 e. The Balaban J connectivity index is 1.82. The topological polar surface area (TPSA) is 32.3 Å². The second-order valence-electron chi connectivity index (χ2n) is 3.46. The molecular weight excluding hydrogens is 170 g/mol. The van der Waals surface area contributed by atoms with Gasteiger partial charge in [-0.25, -0.2) is 0 Å². The second kappa shape index (κ2) is 3.17. The summed E-state index contributed by atoms with van der Waals surface area (Å²) >= 11 is 1.72. The van der Waals surface area contributed by atoms with Gasteiger partial charge in [0.05, 0.1) is 5.60 Å². The van der Waals surface area contributed by atoms with Gasteiger partial charge in [0.25, 0.3) is 0 Å². The van der Waals surface area contributed by atoms with E-state index in [1.807, 2.05) is 0 Å². The van der Waals surface area contributed by atoms with Crippen LogP contribution in [0.25, 0.3) is 0 Å². The lowest BCUT2D eigenvalue weighted by molar-refractivity contribution is -0.0167. The molecule has 0 aliphatic carbocycles. The van der Waals surface area contributed by atoms with Gasteiger partial charge in [-0.05, 0) is 35.2 Å². The number of rotatable bonds is 3. The summed E-state index contributed by atoms with van der Waals surface area (Å²) in [6.45, 7) is 1.52. The fraction of sp³-hybridized carbons (Fsp3) is 0.556. The Hall–Kier alpha value is -0.380. The van der Waals surface area contributed by atoms with Crippen LogP contribution < -0.4 is 5.32 Å². The van der Waals surface area contributed by atoms with Crippen LogP contribution in [-0.2, 0) is 6.42 Å². The summed E-state index contributed by atoms with van der Waals surface area (Å²) in [5.74, 6) is 0. The summed E-state index contributed by atoms with van der Waals surface area (Å²) in [4.78, 5) is 0. The number of hydrogen-bond acceptors (Lipinski definition) is 3. The lowest BCUT2D eigenvalue weighted by Crippen LogP contribution is -2.59. The van der Waals surface area contributed by atoms with E-state index in [0.717, 1.165) is 25.9 Å². The molecule has 0 bridgehead atoms. The van der Waals surface area contributed by atoms with E-state index in [2.05, 4.69) is 22.1 Å². The summed E-state index contributed by atoms with van der Waals surface area (Å²) in [6.07, 6.45) is 1.89. The fourth-order valence-corrected chi connectivity index (χ4v) is 2.11. The monoisotopic (exact) mass is 183 g/mol. The largest absolute Gasteiger partial charge is 0.387 e. The predicted molar refractivity (Wildman–Crippen MR) is 50.5 cm³/mol. The van der Waals surface area contributed by atoms with Crippen LogP contribution in [0.2, 0.25) is 0 Å². The van der Waals surface area contributed by atoms with Crippen molar-refractivity contribution in [3.05, 3.63) is 22.4 Å². The zero-order valence-electron chi connectivity index (χ0n) is 6.92. The molecule has 1 aliphatic rings. The number of nitrogens with one attached hydrogen (secondary N) is 1. The molecule has 1 aliphatic heterocycles. The summed E-state index contributed by atoms with van der Waals surface area (Å²) in [6, 6.07) is 2.13. The highest BCUT2D eigenvalue weighted by Gasteiger charge is 2.33. The SMILES string of the molecule is OC1(CCc2ccsc2)CNC1. The molecule has 2 heterocycles. The maximum absolute atomic E-state index is 9.75. The van der Waals surface area contributed by atoms with Gasteiger partial charge in [0.1, 0.15) is 0 Å². The van der Waals surface area contributed by atoms with Gasteiger partial charge in [0.15, 0.2) is 0 Å². The summed E-state index contributed by atoms with van der Waals surface area (Å²) in [5, 5.41) is 17.1. The third kappa shape index (κ3) is 1.68. The van der Waals surface area contributed by atoms with Crippen molar-refractivity contribution in [2.75, 3.05) is 13.1 Å². The molecular formula is C9H13NOS. The van der Waals surface area contributed by atoms with Crippen LogP contribution in [0.15, 0.2) is 16.8 Å². The maximum atomic E-state index is 9.75. The number of aliphatic hydroxyl groups is 1. The van der Waals surface area contributed by atoms with Crippen molar-refractivity contribution in [2.24, 2.45) is 0 Å². The van der Waals surface area contributed by atoms with Gasteiger partial charge in [-0.3, -0.25) is 0 Å². The van der Waals surface area contributed by atoms with Crippen molar-refractivity contribution < 1.29 is 5.11 Å². The van der Waals surface area contributed by atoms with E-state index in [4.69, 9.17) is 0 Å². The molecule has 0 amide bonds. The normalized spacial score (nSPS) is 20.4. The third-order valence-corrected chi connectivity index (χ3v) is 3.10. The minimum atomic E-state index is -0.415. The van der Waals surface area contributed by atoms with E-state index in [-0.39, 0.29) is 0 Å². The Morgan fingerprint density at radius 2 is 2.42 bits per heavy atom. The van der Waals surface area contributed by atoms with Gasteiger partial charge in [-0.1, -0.05) is 0 Å². The first-order chi connectivity index (χ1) is 5.79. The first-order valence-electron chi connectivity index (χ1n) is 4.23. The van der Waals surface area contributed by atoms with Crippen LogP contribution in [0.4, 0.5) is 0 Å². The molecule has 3 heteroatoms. The lowest BCUT2D eigenvalue weighted by Gasteiger charge is -2.37. The molecule has 12 heavy (non-hydrogen) atoms. The molecule has 66 valence electrons. The van der Waals surface area contributed by atoms with Crippen LogP contribution in [0.1, 0.15) is 12.0 Å². The molecule has 1 aromatic heterocycles. The molecule has 0 unspecified atom stereocenters. The highest BCUT2D eigenvalue weighted by molar-refractivity contribution is 7.07. The predicted octanol–water partition coefficient (Wildman–Crippen LogP) is 1.01. The fourth-order valence-electron chi connectivity index (χ4n) is 1.40. The number of hydrogen-bond donors (Lipinski definition) is 2. The quantitative estimate of drug-likeness (QED) is 0.733. The van der Waals surface area contributed by atoms with Crippen LogP contribution in [0, 0.1) is 0 Å². The lowest BCUT2D eigenvalue weighted by atomic mass is 9.90. The molecule has 2 rings (SSSR count).